The van der Waals surface area contributed by atoms with Crippen LogP contribution in [0.1, 0.15) is 0 Å². The number of hydrogen-bond donors (Lipinski definition) is 0. The first-order valence-electron chi connectivity index (χ1n) is 4.92. The predicted molar refractivity (Wildman–Crippen MR) is 64.7 cm³/mol. The molecule has 2 aromatic rings. The van der Waals surface area contributed by atoms with Gasteiger partial charge in [-0.05, 0) is 16.8 Å². The second-order valence-electron chi connectivity index (χ2n) is 4.65. The van der Waals surface area contributed by atoms with Crippen molar-refractivity contribution >= 4 is 24.0 Å². The lowest BCUT2D eigenvalue weighted by Crippen LogP contribution is -2.37. The molecule has 2 rings (SSSR count). The monoisotopic (exact) mass is 201 g/mol. The van der Waals surface area contributed by atoms with Crippen molar-refractivity contribution in [3.8, 4) is 0 Å². The third-order valence-corrected chi connectivity index (χ3v) is 4.54. The molecule has 72 valence electrons. The molecule has 0 N–H and O–H groups in total. The number of fused-ring (bicyclic) bond motifs is 1. The van der Waals surface area contributed by atoms with E-state index in [1.54, 1.807) is 0 Å². The van der Waals surface area contributed by atoms with Crippen LogP contribution in [0.5, 0.6) is 0 Å². The molecule has 0 radical (unpaired) electrons. The van der Waals surface area contributed by atoms with E-state index < -0.39 is 8.07 Å². The quantitative estimate of drug-likeness (QED) is 0.647. The second kappa shape index (κ2) is 3.21. The first-order valence-corrected chi connectivity index (χ1v) is 8.42. The van der Waals surface area contributed by atoms with Crippen LogP contribution in [0.4, 0.5) is 0 Å². The average Bonchev–Trinajstić information content (AvgIpc) is 2.15. The Labute approximate surface area is 85.8 Å². The van der Waals surface area contributed by atoms with Gasteiger partial charge >= 0.3 is 0 Å². The summed E-state index contributed by atoms with van der Waals surface area (Å²) in [6.45, 7) is 7.11. The van der Waals surface area contributed by atoms with Gasteiger partial charge in [0.05, 0.1) is 8.07 Å². The van der Waals surface area contributed by atoms with Gasteiger partial charge in [0.25, 0.3) is 0 Å². The van der Waals surface area contributed by atoms with Gasteiger partial charge in [0.15, 0.2) is 0 Å². The molecule has 1 nitrogen and oxygen atoms in total. The first-order chi connectivity index (χ1) is 6.59. The molecule has 0 atom stereocenters. The zero-order valence-electron chi connectivity index (χ0n) is 8.91. The molecule has 0 amide bonds. The fourth-order valence-electron chi connectivity index (χ4n) is 1.77. The van der Waals surface area contributed by atoms with Crippen LogP contribution in [0.15, 0.2) is 36.7 Å². The number of rotatable bonds is 1. The molecule has 0 saturated heterocycles. The number of benzene rings is 1. The molecule has 2 heteroatoms. The van der Waals surface area contributed by atoms with Crippen LogP contribution in [0.2, 0.25) is 19.6 Å². The number of hydrogen-bond acceptors (Lipinski definition) is 1. The van der Waals surface area contributed by atoms with Crippen LogP contribution >= 0.6 is 0 Å². The zero-order chi connectivity index (χ0) is 10.2. The van der Waals surface area contributed by atoms with Gasteiger partial charge in [-0.15, -0.1) is 0 Å². The number of nitrogens with zero attached hydrogens (tertiary/aromatic N) is 1. The molecule has 1 heterocycles. The van der Waals surface area contributed by atoms with Crippen molar-refractivity contribution < 1.29 is 0 Å². The van der Waals surface area contributed by atoms with Gasteiger partial charge in [-0.25, -0.2) is 0 Å². The van der Waals surface area contributed by atoms with Crippen molar-refractivity contribution in [2.75, 3.05) is 0 Å². The third-order valence-electron chi connectivity index (χ3n) is 2.49. The highest BCUT2D eigenvalue weighted by atomic mass is 28.3. The molecule has 0 unspecified atom stereocenters. The van der Waals surface area contributed by atoms with Crippen LogP contribution in [0.25, 0.3) is 10.8 Å². The highest BCUT2D eigenvalue weighted by Gasteiger charge is 2.18. The lowest BCUT2D eigenvalue weighted by Gasteiger charge is -2.18. The Morgan fingerprint density at radius 2 is 1.86 bits per heavy atom. The maximum absolute atomic E-state index is 4.21. The highest BCUT2D eigenvalue weighted by Crippen LogP contribution is 2.14. The standard InChI is InChI=1S/C12H15NSi/c1-14(2,3)12-6-4-5-10-7-8-13-9-11(10)12/h4-9H,1-3H3. The zero-order valence-corrected chi connectivity index (χ0v) is 9.91. The average molecular weight is 201 g/mol. The molecule has 0 aliphatic heterocycles. The van der Waals surface area contributed by atoms with Gasteiger partial charge < -0.3 is 0 Å². The molecule has 0 fully saturated rings. The Morgan fingerprint density at radius 1 is 1.07 bits per heavy atom. The van der Waals surface area contributed by atoms with E-state index in [9.17, 15) is 0 Å². The molecule has 0 aliphatic carbocycles. The van der Waals surface area contributed by atoms with Gasteiger partial charge in [0, 0.05) is 12.4 Å². The first kappa shape index (κ1) is 9.40. The molecule has 0 aliphatic rings. The lowest BCUT2D eigenvalue weighted by atomic mass is 10.2. The van der Waals surface area contributed by atoms with Crippen molar-refractivity contribution in [3.63, 3.8) is 0 Å². The van der Waals surface area contributed by atoms with Crippen LogP contribution in [-0.4, -0.2) is 13.1 Å². The van der Waals surface area contributed by atoms with Crippen LogP contribution in [0, 0.1) is 0 Å². The van der Waals surface area contributed by atoms with E-state index in [0.29, 0.717) is 0 Å². The van der Waals surface area contributed by atoms with E-state index >= 15 is 0 Å². The number of pyridine rings is 1. The summed E-state index contributed by atoms with van der Waals surface area (Å²) in [7, 11) is -1.24. The van der Waals surface area contributed by atoms with Crippen molar-refractivity contribution in [1.82, 2.24) is 4.98 Å². The predicted octanol–water partition coefficient (Wildman–Crippen LogP) is 2.78. The van der Waals surface area contributed by atoms with Gasteiger partial charge in [-0.1, -0.05) is 43.0 Å². The molecule has 1 aromatic carbocycles. The normalized spacial score (nSPS) is 11.9. The Balaban J connectivity index is 2.78. The Morgan fingerprint density at radius 3 is 2.57 bits per heavy atom. The van der Waals surface area contributed by atoms with Crippen LogP contribution in [-0.2, 0) is 0 Å². The minimum Gasteiger partial charge on any atom is -0.264 e. The highest BCUT2D eigenvalue weighted by molar-refractivity contribution is 6.90. The fraction of sp³-hybridized carbons (Fsp3) is 0.250. The minimum absolute atomic E-state index is 1.24. The Hall–Kier alpha value is -1.15. The Kier molecular flexibility index (Phi) is 2.15. The van der Waals surface area contributed by atoms with Gasteiger partial charge in [-0.2, -0.15) is 0 Å². The SMILES string of the molecule is C[Si](C)(C)c1cccc2ccncc12. The second-order valence-corrected chi connectivity index (χ2v) is 9.69. The molecule has 0 spiro atoms. The van der Waals surface area contributed by atoms with Gasteiger partial charge in [0.1, 0.15) is 0 Å². The van der Waals surface area contributed by atoms with Crippen molar-refractivity contribution in [2.45, 2.75) is 19.6 Å². The third kappa shape index (κ3) is 1.57. The van der Waals surface area contributed by atoms with Gasteiger partial charge in [-0.3, -0.25) is 4.98 Å². The summed E-state index contributed by atoms with van der Waals surface area (Å²) < 4.78 is 0. The molecule has 0 bridgehead atoms. The molecule has 1 aromatic heterocycles. The maximum Gasteiger partial charge on any atom is 0.0784 e. The van der Waals surface area contributed by atoms with Crippen molar-refractivity contribution in [1.29, 1.82) is 0 Å². The Bertz CT molecular complexity index is 452. The summed E-state index contributed by atoms with van der Waals surface area (Å²) in [5.41, 5.74) is 0. The lowest BCUT2D eigenvalue weighted by molar-refractivity contribution is 1.37. The largest absolute Gasteiger partial charge is 0.264 e. The van der Waals surface area contributed by atoms with E-state index in [1.165, 1.54) is 16.0 Å². The molecule has 14 heavy (non-hydrogen) atoms. The van der Waals surface area contributed by atoms with Gasteiger partial charge in [0.2, 0.25) is 0 Å². The smallest absolute Gasteiger partial charge is 0.0784 e. The maximum atomic E-state index is 4.21. The number of aromatic nitrogens is 1. The van der Waals surface area contributed by atoms with E-state index in [1.807, 2.05) is 12.4 Å². The van der Waals surface area contributed by atoms with Crippen molar-refractivity contribution in [2.24, 2.45) is 0 Å². The van der Waals surface area contributed by atoms with Crippen LogP contribution < -0.4 is 5.19 Å². The summed E-state index contributed by atoms with van der Waals surface area (Å²) in [5, 5.41) is 4.14. The molecular weight excluding hydrogens is 186 g/mol. The minimum atomic E-state index is -1.24. The fourth-order valence-corrected chi connectivity index (χ4v) is 3.38. The van der Waals surface area contributed by atoms with E-state index in [0.717, 1.165) is 0 Å². The van der Waals surface area contributed by atoms with Crippen LogP contribution in [0.3, 0.4) is 0 Å². The summed E-state index contributed by atoms with van der Waals surface area (Å²) in [5.74, 6) is 0. The summed E-state index contributed by atoms with van der Waals surface area (Å²) in [4.78, 5) is 4.21. The van der Waals surface area contributed by atoms with E-state index in [2.05, 4.69) is 48.9 Å². The summed E-state index contributed by atoms with van der Waals surface area (Å²) in [6.07, 6.45) is 3.85. The van der Waals surface area contributed by atoms with Crippen molar-refractivity contribution in [3.05, 3.63) is 36.7 Å². The topological polar surface area (TPSA) is 12.9 Å². The summed E-state index contributed by atoms with van der Waals surface area (Å²) in [6, 6.07) is 8.63. The van der Waals surface area contributed by atoms with E-state index in [4.69, 9.17) is 0 Å². The molecule has 0 saturated carbocycles. The van der Waals surface area contributed by atoms with E-state index in [-0.39, 0.29) is 0 Å². The summed E-state index contributed by atoms with van der Waals surface area (Å²) >= 11 is 0. The molecular formula is C12H15NSi.